The number of nitrogens with one attached hydrogen (secondary N) is 1. The van der Waals surface area contributed by atoms with Crippen molar-refractivity contribution in [2.24, 2.45) is 0 Å². The van der Waals surface area contributed by atoms with Crippen molar-refractivity contribution in [3.63, 3.8) is 0 Å². The Balaban J connectivity index is 2.15. The number of carbonyl (C=O) groups excluding carboxylic acids is 2. The van der Waals surface area contributed by atoms with Crippen molar-refractivity contribution in [2.45, 2.75) is 5.92 Å². The number of thiazole rings is 1. The molecule has 0 unspecified atom stereocenters. The van der Waals surface area contributed by atoms with Crippen LogP contribution in [0.1, 0.15) is 11.5 Å². The Morgan fingerprint density at radius 3 is 2.60 bits per heavy atom. The Kier molecular flexibility index (Phi) is 4.45. The number of benzene rings is 1. The molecule has 7 heteroatoms. The van der Waals surface area contributed by atoms with Crippen LogP contribution in [0.4, 0.5) is 5.13 Å². The molecular formula is C13H8ClN3O2S. The zero-order chi connectivity index (χ0) is 14.5. The van der Waals surface area contributed by atoms with Crippen LogP contribution in [-0.4, -0.2) is 16.7 Å². The molecule has 5 nitrogen and oxygen atoms in total. The van der Waals surface area contributed by atoms with Gasteiger partial charge in [0.15, 0.2) is 5.13 Å². The van der Waals surface area contributed by atoms with Gasteiger partial charge in [0.25, 0.3) is 5.91 Å². The summed E-state index contributed by atoms with van der Waals surface area (Å²) < 4.78 is 0. The summed E-state index contributed by atoms with van der Waals surface area (Å²) in [7, 11) is 0. The number of halogens is 1. The molecule has 1 aromatic heterocycles. The Bertz CT molecular complexity index is 662. The highest BCUT2D eigenvalue weighted by Crippen LogP contribution is 2.20. The Morgan fingerprint density at radius 1 is 1.35 bits per heavy atom. The number of ketones is 1. The number of amides is 1. The van der Waals surface area contributed by atoms with Crippen molar-refractivity contribution in [2.75, 3.05) is 5.32 Å². The van der Waals surface area contributed by atoms with E-state index < -0.39 is 17.6 Å². The van der Waals surface area contributed by atoms with E-state index in [9.17, 15) is 9.59 Å². The van der Waals surface area contributed by atoms with Crippen LogP contribution in [0.15, 0.2) is 35.8 Å². The molecule has 0 saturated carbocycles. The fourth-order valence-electron chi connectivity index (χ4n) is 1.51. The summed E-state index contributed by atoms with van der Waals surface area (Å²) in [6.07, 6.45) is 1.51. The van der Waals surface area contributed by atoms with Crippen molar-refractivity contribution in [3.8, 4) is 6.07 Å². The molecule has 2 rings (SSSR count). The lowest BCUT2D eigenvalue weighted by molar-refractivity contribution is -0.135. The molecule has 0 aliphatic rings. The number of nitrogens with zero attached hydrogens (tertiary/aromatic N) is 2. The molecule has 0 aliphatic heterocycles. The molecule has 1 N–H and O–H groups in total. The largest absolute Gasteiger partial charge is 0.295 e. The van der Waals surface area contributed by atoms with Gasteiger partial charge in [0.05, 0.1) is 6.07 Å². The first kappa shape index (κ1) is 14.2. The summed E-state index contributed by atoms with van der Waals surface area (Å²) >= 11 is 6.93. The van der Waals surface area contributed by atoms with Crippen molar-refractivity contribution in [1.29, 1.82) is 5.26 Å². The highest BCUT2D eigenvalue weighted by Gasteiger charge is 2.27. The normalized spacial score (nSPS) is 11.4. The smallest absolute Gasteiger partial charge is 0.295 e. The predicted molar refractivity (Wildman–Crippen MR) is 75.6 cm³/mol. The third kappa shape index (κ3) is 3.20. The maximum Gasteiger partial charge on any atom is 0.295 e. The summed E-state index contributed by atoms with van der Waals surface area (Å²) in [5.74, 6) is -2.85. The van der Waals surface area contributed by atoms with E-state index in [0.717, 1.165) is 0 Å². The summed E-state index contributed by atoms with van der Waals surface area (Å²) in [6.45, 7) is 0. The Labute approximate surface area is 123 Å². The number of Topliss-reactive ketones (excluding diaryl/α,β-unsaturated/α-hetero) is 1. The first-order valence-electron chi connectivity index (χ1n) is 5.51. The average molecular weight is 306 g/mol. The van der Waals surface area contributed by atoms with Crippen molar-refractivity contribution >= 4 is 39.8 Å². The summed E-state index contributed by atoms with van der Waals surface area (Å²) in [5.41, 5.74) is 0.427. The number of carbonyl (C=O) groups is 2. The minimum atomic E-state index is -1.16. The molecule has 1 heterocycles. The maximum atomic E-state index is 12.0. The van der Waals surface area contributed by atoms with Crippen LogP contribution in [0, 0.1) is 11.3 Å². The van der Waals surface area contributed by atoms with E-state index in [1.807, 2.05) is 6.07 Å². The monoisotopic (exact) mass is 305 g/mol. The molecule has 0 saturated heterocycles. The molecule has 1 atom stereocenters. The predicted octanol–water partition coefficient (Wildman–Crippen LogP) is 2.61. The highest BCUT2D eigenvalue weighted by molar-refractivity contribution is 7.13. The molecule has 0 bridgehead atoms. The number of aromatic nitrogens is 1. The van der Waals surface area contributed by atoms with E-state index in [-0.39, 0.29) is 0 Å². The lowest BCUT2D eigenvalue weighted by Crippen LogP contribution is -2.27. The topological polar surface area (TPSA) is 82.8 Å². The van der Waals surface area contributed by atoms with Gasteiger partial charge in [-0.05, 0) is 17.7 Å². The molecule has 1 amide bonds. The lowest BCUT2D eigenvalue weighted by Gasteiger charge is -2.07. The van der Waals surface area contributed by atoms with Crippen molar-refractivity contribution in [3.05, 3.63) is 46.4 Å². The molecule has 2 aromatic rings. The summed E-state index contributed by atoms with van der Waals surface area (Å²) in [4.78, 5) is 27.6. The van der Waals surface area contributed by atoms with Crippen LogP contribution in [0.25, 0.3) is 0 Å². The molecule has 0 aliphatic carbocycles. The van der Waals surface area contributed by atoms with Gasteiger partial charge in [0, 0.05) is 16.6 Å². The van der Waals surface area contributed by atoms with Crippen LogP contribution < -0.4 is 5.32 Å². The molecule has 20 heavy (non-hydrogen) atoms. The van der Waals surface area contributed by atoms with E-state index in [0.29, 0.717) is 15.7 Å². The minimum absolute atomic E-state index is 0.316. The van der Waals surface area contributed by atoms with Gasteiger partial charge in [0.2, 0.25) is 5.78 Å². The van der Waals surface area contributed by atoms with Crippen molar-refractivity contribution < 1.29 is 9.59 Å². The van der Waals surface area contributed by atoms with Gasteiger partial charge in [-0.25, -0.2) is 4.98 Å². The third-order valence-corrected chi connectivity index (χ3v) is 3.41. The van der Waals surface area contributed by atoms with Gasteiger partial charge >= 0.3 is 0 Å². The molecule has 0 spiro atoms. The molecule has 0 radical (unpaired) electrons. The Hall–Kier alpha value is -2.23. The van der Waals surface area contributed by atoms with Crippen LogP contribution >= 0.6 is 22.9 Å². The van der Waals surface area contributed by atoms with Gasteiger partial charge < -0.3 is 0 Å². The lowest BCUT2D eigenvalue weighted by atomic mass is 9.96. The first-order chi connectivity index (χ1) is 9.61. The van der Waals surface area contributed by atoms with E-state index in [2.05, 4.69) is 10.3 Å². The quantitative estimate of drug-likeness (QED) is 0.880. The van der Waals surface area contributed by atoms with E-state index in [1.54, 1.807) is 29.6 Å². The van der Waals surface area contributed by atoms with Gasteiger partial charge in [-0.2, -0.15) is 5.26 Å². The van der Waals surface area contributed by atoms with E-state index in [1.165, 1.54) is 17.5 Å². The average Bonchev–Trinajstić information content (AvgIpc) is 2.94. The minimum Gasteiger partial charge on any atom is -0.295 e. The van der Waals surface area contributed by atoms with Crippen LogP contribution in [0.3, 0.4) is 0 Å². The fraction of sp³-hybridized carbons (Fsp3) is 0.0769. The van der Waals surface area contributed by atoms with Gasteiger partial charge in [0.1, 0.15) is 5.92 Å². The third-order valence-electron chi connectivity index (χ3n) is 2.47. The van der Waals surface area contributed by atoms with Crippen LogP contribution in [0.5, 0.6) is 0 Å². The number of hydrogen-bond acceptors (Lipinski definition) is 5. The standard InChI is InChI=1S/C13H8ClN3O2S/c14-9-3-1-8(2-4-9)10(7-15)11(18)12(19)17-13-16-5-6-20-13/h1-6,10H,(H,16,17,19)/t10-/m1/s1. The second-order valence-electron chi connectivity index (χ2n) is 3.77. The van der Waals surface area contributed by atoms with Crippen LogP contribution in [0.2, 0.25) is 5.02 Å². The van der Waals surface area contributed by atoms with Gasteiger partial charge in [-0.3, -0.25) is 14.9 Å². The first-order valence-corrected chi connectivity index (χ1v) is 6.77. The second-order valence-corrected chi connectivity index (χ2v) is 5.10. The maximum absolute atomic E-state index is 12.0. The number of rotatable bonds is 4. The molecule has 0 fully saturated rings. The number of hydrogen-bond donors (Lipinski definition) is 1. The summed E-state index contributed by atoms with van der Waals surface area (Å²) in [5, 5.41) is 13.9. The van der Waals surface area contributed by atoms with E-state index >= 15 is 0 Å². The zero-order valence-electron chi connectivity index (χ0n) is 10.0. The second kappa shape index (κ2) is 6.28. The summed E-state index contributed by atoms with van der Waals surface area (Å²) in [6, 6.07) is 8.05. The number of anilines is 1. The van der Waals surface area contributed by atoms with Gasteiger partial charge in [-0.15, -0.1) is 11.3 Å². The van der Waals surface area contributed by atoms with Crippen molar-refractivity contribution in [1.82, 2.24) is 4.98 Å². The molecule has 100 valence electrons. The number of nitriles is 1. The molecule has 1 aromatic carbocycles. The zero-order valence-corrected chi connectivity index (χ0v) is 11.6. The van der Waals surface area contributed by atoms with E-state index in [4.69, 9.17) is 16.9 Å². The molecular weight excluding hydrogens is 298 g/mol. The highest BCUT2D eigenvalue weighted by atomic mass is 35.5. The SMILES string of the molecule is N#C[C@@H](C(=O)C(=O)Nc1nccs1)c1ccc(Cl)cc1. The van der Waals surface area contributed by atoms with Crippen LogP contribution in [-0.2, 0) is 9.59 Å². The fourth-order valence-corrected chi connectivity index (χ4v) is 2.16. The Morgan fingerprint density at radius 2 is 2.05 bits per heavy atom. The van der Waals surface area contributed by atoms with Gasteiger partial charge in [-0.1, -0.05) is 23.7 Å².